The second kappa shape index (κ2) is 6.54. The fourth-order valence-electron chi connectivity index (χ4n) is 2.45. The van der Waals surface area contributed by atoms with Crippen LogP contribution in [-0.4, -0.2) is 13.9 Å². The molecule has 0 atom stereocenters. The monoisotopic (exact) mass is 311 g/mol. The Labute approximate surface area is 133 Å². The highest BCUT2D eigenvalue weighted by atomic mass is 16.7. The number of fused-ring (bicyclic) bond motifs is 1. The molecule has 0 aliphatic rings. The van der Waals surface area contributed by atoms with Crippen molar-refractivity contribution in [2.75, 3.05) is 19.6 Å². The van der Waals surface area contributed by atoms with Gasteiger partial charge in [-0.3, -0.25) is 0 Å². The average molecular weight is 311 g/mol. The molecule has 5 nitrogen and oxygen atoms in total. The summed E-state index contributed by atoms with van der Waals surface area (Å²) < 4.78 is 16.0. The first-order valence-corrected chi connectivity index (χ1v) is 7.20. The van der Waals surface area contributed by atoms with Crippen molar-refractivity contribution in [1.29, 1.82) is 0 Å². The minimum Gasteiger partial charge on any atom is -0.463 e. The summed E-state index contributed by atoms with van der Waals surface area (Å²) in [5.74, 6) is 0.505. The first-order valence-electron chi connectivity index (χ1n) is 7.20. The zero-order valence-electron chi connectivity index (χ0n) is 12.7. The molecule has 118 valence electrons. The third-order valence-corrected chi connectivity index (χ3v) is 3.52. The van der Waals surface area contributed by atoms with Crippen molar-refractivity contribution in [2.45, 2.75) is 6.42 Å². The summed E-state index contributed by atoms with van der Waals surface area (Å²) in [6.45, 7) is 0.0645. The Morgan fingerprint density at radius 3 is 2.65 bits per heavy atom. The number of hydrogen-bond acceptors (Lipinski definition) is 5. The van der Waals surface area contributed by atoms with E-state index >= 15 is 0 Å². The molecule has 0 bridgehead atoms. The van der Waals surface area contributed by atoms with Crippen molar-refractivity contribution >= 4 is 16.7 Å². The summed E-state index contributed by atoms with van der Waals surface area (Å²) in [5, 5.41) is 0.713. The van der Waals surface area contributed by atoms with Gasteiger partial charge in [-0.05, 0) is 11.6 Å². The molecule has 3 rings (SSSR count). The van der Waals surface area contributed by atoms with Crippen LogP contribution in [0.25, 0.3) is 11.0 Å². The van der Waals surface area contributed by atoms with E-state index < -0.39 is 5.63 Å². The number of nitrogen functional groups attached to an aromatic ring is 1. The number of anilines is 1. The van der Waals surface area contributed by atoms with Gasteiger partial charge in [-0.2, -0.15) is 0 Å². The number of benzene rings is 2. The lowest BCUT2D eigenvalue weighted by Crippen LogP contribution is -2.08. The summed E-state index contributed by atoms with van der Waals surface area (Å²) in [4.78, 5) is 11.8. The van der Waals surface area contributed by atoms with E-state index in [1.807, 2.05) is 42.5 Å². The topological polar surface area (TPSA) is 74.7 Å². The molecule has 0 saturated heterocycles. The highest BCUT2D eigenvalue weighted by Crippen LogP contribution is 2.31. The van der Waals surface area contributed by atoms with Crippen LogP contribution < -0.4 is 16.1 Å². The zero-order valence-corrected chi connectivity index (χ0v) is 12.7. The van der Waals surface area contributed by atoms with Crippen LogP contribution in [0.2, 0.25) is 0 Å². The van der Waals surface area contributed by atoms with Gasteiger partial charge < -0.3 is 19.6 Å². The van der Waals surface area contributed by atoms with Crippen molar-refractivity contribution in [2.24, 2.45) is 0 Å². The second-order valence-corrected chi connectivity index (χ2v) is 5.17. The summed E-state index contributed by atoms with van der Waals surface area (Å²) in [5.41, 5.74) is 7.55. The number of hydrogen-bond donors (Lipinski definition) is 1. The van der Waals surface area contributed by atoms with Crippen LogP contribution in [0.5, 0.6) is 5.75 Å². The molecule has 0 spiro atoms. The van der Waals surface area contributed by atoms with Crippen molar-refractivity contribution < 1.29 is 13.9 Å². The Morgan fingerprint density at radius 1 is 1.13 bits per heavy atom. The maximum Gasteiger partial charge on any atom is 0.359 e. The third kappa shape index (κ3) is 3.19. The molecular formula is C18H17NO4. The van der Waals surface area contributed by atoms with E-state index in [-0.39, 0.29) is 12.5 Å². The van der Waals surface area contributed by atoms with Gasteiger partial charge in [-0.1, -0.05) is 42.5 Å². The molecule has 0 fully saturated rings. The van der Waals surface area contributed by atoms with Crippen molar-refractivity contribution in [3.8, 4) is 5.75 Å². The number of ether oxygens (including phenoxy) is 2. The Bertz CT molecular complexity index is 871. The van der Waals surface area contributed by atoms with Crippen LogP contribution in [0.4, 0.5) is 5.69 Å². The standard InChI is InChI=1S/C18H17NO4/c1-21-11-22-16-13(9-12-5-3-2-4-6-12)7-8-14-10-15(19)18(20)23-17(14)16/h2-8,10H,9,11,19H2,1H3. The van der Waals surface area contributed by atoms with E-state index in [0.717, 1.165) is 11.1 Å². The molecule has 1 heterocycles. The Morgan fingerprint density at radius 2 is 1.91 bits per heavy atom. The lowest BCUT2D eigenvalue weighted by atomic mass is 10.0. The molecule has 2 aromatic carbocycles. The number of nitrogens with two attached hydrogens (primary N) is 1. The van der Waals surface area contributed by atoms with Crippen LogP contribution in [-0.2, 0) is 11.2 Å². The highest BCUT2D eigenvalue weighted by Gasteiger charge is 2.14. The predicted molar refractivity (Wildman–Crippen MR) is 88.6 cm³/mol. The van der Waals surface area contributed by atoms with Crippen LogP contribution >= 0.6 is 0 Å². The largest absolute Gasteiger partial charge is 0.463 e. The summed E-state index contributed by atoms with van der Waals surface area (Å²) in [6.07, 6.45) is 0.657. The molecule has 3 aromatic rings. The second-order valence-electron chi connectivity index (χ2n) is 5.17. The lowest BCUT2D eigenvalue weighted by Gasteiger charge is -2.13. The Kier molecular flexibility index (Phi) is 4.30. The minimum absolute atomic E-state index is 0.0645. The van der Waals surface area contributed by atoms with E-state index in [9.17, 15) is 4.79 Å². The molecule has 5 heteroatoms. The zero-order chi connectivity index (χ0) is 16.2. The van der Waals surface area contributed by atoms with Gasteiger partial charge in [0.05, 0.1) is 0 Å². The van der Waals surface area contributed by atoms with E-state index in [0.29, 0.717) is 23.1 Å². The molecule has 23 heavy (non-hydrogen) atoms. The van der Waals surface area contributed by atoms with Crippen molar-refractivity contribution in [1.82, 2.24) is 0 Å². The molecule has 0 aliphatic heterocycles. The van der Waals surface area contributed by atoms with Gasteiger partial charge in [-0.15, -0.1) is 0 Å². The normalized spacial score (nSPS) is 10.8. The molecular weight excluding hydrogens is 294 g/mol. The van der Waals surface area contributed by atoms with E-state index in [1.165, 1.54) is 7.11 Å². The molecule has 1 aromatic heterocycles. The quantitative estimate of drug-likeness (QED) is 0.579. The predicted octanol–water partition coefficient (Wildman–Crippen LogP) is 2.95. The smallest absolute Gasteiger partial charge is 0.359 e. The van der Waals surface area contributed by atoms with Crippen LogP contribution in [0.15, 0.2) is 57.7 Å². The van der Waals surface area contributed by atoms with E-state index in [2.05, 4.69) is 0 Å². The molecule has 0 radical (unpaired) electrons. The Hall–Kier alpha value is -2.79. The van der Waals surface area contributed by atoms with Crippen molar-refractivity contribution in [3.63, 3.8) is 0 Å². The first kappa shape index (κ1) is 15.1. The fourth-order valence-corrected chi connectivity index (χ4v) is 2.45. The summed E-state index contributed by atoms with van der Waals surface area (Å²) in [7, 11) is 1.54. The third-order valence-electron chi connectivity index (χ3n) is 3.52. The lowest BCUT2D eigenvalue weighted by molar-refractivity contribution is 0.0508. The molecule has 0 unspecified atom stereocenters. The summed E-state index contributed by atoms with van der Waals surface area (Å²) in [6, 6.07) is 15.4. The molecule has 2 N–H and O–H groups in total. The SMILES string of the molecule is COCOc1c(Cc2ccccc2)ccc2cc(N)c(=O)oc12. The average Bonchev–Trinajstić information content (AvgIpc) is 2.56. The fraction of sp³-hybridized carbons (Fsp3) is 0.167. The molecule has 0 saturated carbocycles. The van der Waals surface area contributed by atoms with Crippen LogP contribution in [0, 0.1) is 0 Å². The number of rotatable bonds is 5. The van der Waals surface area contributed by atoms with Gasteiger partial charge in [0.2, 0.25) is 0 Å². The van der Waals surface area contributed by atoms with Crippen LogP contribution in [0.1, 0.15) is 11.1 Å². The van der Waals surface area contributed by atoms with Gasteiger partial charge in [0.25, 0.3) is 0 Å². The molecule has 0 aliphatic carbocycles. The van der Waals surface area contributed by atoms with Gasteiger partial charge in [0, 0.05) is 24.5 Å². The van der Waals surface area contributed by atoms with Gasteiger partial charge in [0.1, 0.15) is 5.69 Å². The van der Waals surface area contributed by atoms with Crippen LogP contribution in [0.3, 0.4) is 0 Å². The van der Waals surface area contributed by atoms with Gasteiger partial charge in [-0.25, -0.2) is 4.79 Å². The van der Waals surface area contributed by atoms with Crippen molar-refractivity contribution in [3.05, 3.63) is 70.1 Å². The highest BCUT2D eigenvalue weighted by molar-refractivity contribution is 5.86. The minimum atomic E-state index is -0.573. The first-order chi connectivity index (χ1) is 11.2. The van der Waals surface area contributed by atoms with Gasteiger partial charge >= 0.3 is 5.63 Å². The van der Waals surface area contributed by atoms with E-state index in [1.54, 1.807) is 6.07 Å². The number of methoxy groups -OCH3 is 1. The Balaban J connectivity index is 2.12. The maximum absolute atomic E-state index is 11.8. The maximum atomic E-state index is 11.8. The molecule has 0 amide bonds. The summed E-state index contributed by atoms with van der Waals surface area (Å²) >= 11 is 0. The van der Waals surface area contributed by atoms with E-state index in [4.69, 9.17) is 19.6 Å². The van der Waals surface area contributed by atoms with Gasteiger partial charge in [0.15, 0.2) is 18.1 Å².